The van der Waals surface area contributed by atoms with Gasteiger partial charge in [0.05, 0.1) is 10.6 Å². The van der Waals surface area contributed by atoms with Crippen molar-refractivity contribution in [2.75, 3.05) is 5.73 Å². The van der Waals surface area contributed by atoms with E-state index in [1.807, 2.05) is 24.3 Å². The zero-order chi connectivity index (χ0) is 20.9. The van der Waals surface area contributed by atoms with Crippen LogP contribution in [0, 0.1) is 0 Å². The van der Waals surface area contributed by atoms with E-state index >= 15 is 0 Å². The molecular weight excluding hydrogens is 410 g/mol. The monoisotopic (exact) mass is 431 g/mol. The first-order valence-corrected chi connectivity index (χ1v) is 11.1. The molecule has 4 aromatic rings. The van der Waals surface area contributed by atoms with Crippen LogP contribution in [0.25, 0.3) is 10.4 Å². The Kier molecular flexibility index (Phi) is 6.32. The van der Waals surface area contributed by atoms with Crippen LogP contribution < -0.4 is 5.73 Å². The highest BCUT2D eigenvalue weighted by Gasteiger charge is 2.23. The van der Waals surface area contributed by atoms with E-state index < -0.39 is 0 Å². The van der Waals surface area contributed by atoms with E-state index in [9.17, 15) is 4.79 Å². The van der Waals surface area contributed by atoms with Gasteiger partial charge in [-0.1, -0.05) is 72.3 Å². The molecule has 0 saturated carbocycles. The third-order valence-corrected chi connectivity index (χ3v) is 6.50. The van der Waals surface area contributed by atoms with Gasteiger partial charge in [0.1, 0.15) is 0 Å². The van der Waals surface area contributed by atoms with E-state index in [2.05, 4.69) is 36.4 Å². The predicted molar refractivity (Wildman–Crippen MR) is 128 cm³/mol. The van der Waals surface area contributed by atoms with Crippen molar-refractivity contribution in [1.29, 1.82) is 0 Å². The molecule has 3 aromatic carbocycles. The van der Waals surface area contributed by atoms with Crippen LogP contribution in [0.4, 0.5) is 5.00 Å². The molecule has 0 radical (unpaired) electrons. The van der Waals surface area contributed by atoms with E-state index in [-0.39, 0.29) is 5.78 Å². The normalized spacial score (nSPS) is 10.8. The van der Waals surface area contributed by atoms with Crippen molar-refractivity contribution in [2.24, 2.45) is 0 Å². The van der Waals surface area contributed by atoms with E-state index in [0.717, 1.165) is 35.3 Å². The number of anilines is 1. The van der Waals surface area contributed by atoms with Gasteiger partial charge in [0, 0.05) is 15.5 Å². The Morgan fingerprint density at radius 2 is 1.47 bits per heavy atom. The molecule has 30 heavy (non-hydrogen) atoms. The Bertz CT molecular complexity index is 1140. The summed E-state index contributed by atoms with van der Waals surface area (Å²) in [6, 6.07) is 27.6. The lowest BCUT2D eigenvalue weighted by Gasteiger charge is -2.09. The summed E-state index contributed by atoms with van der Waals surface area (Å²) in [7, 11) is 0. The summed E-state index contributed by atoms with van der Waals surface area (Å²) in [6.45, 7) is 0. The van der Waals surface area contributed by atoms with Crippen molar-refractivity contribution in [2.45, 2.75) is 19.3 Å². The molecule has 4 rings (SSSR count). The van der Waals surface area contributed by atoms with Gasteiger partial charge >= 0.3 is 0 Å². The first-order valence-electron chi connectivity index (χ1n) is 9.94. The molecule has 0 aliphatic rings. The van der Waals surface area contributed by atoms with E-state index in [1.54, 1.807) is 24.3 Å². The van der Waals surface area contributed by atoms with Crippen LogP contribution in [0.5, 0.6) is 0 Å². The van der Waals surface area contributed by atoms with Crippen molar-refractivity contribution >= 4 is 33.7 Å². The molecule has 0 aliphatic heterocycles. The SMILES string of the molecule is Nc1sc(-c2ccccc2)c(CCCc2ccccc2)c1C(=O)c1ccc(Cl)cc1. The molecule has 1 aromatic heterocycles. The second kappa shape index (κ2) is 9.29. The number of ketones is 1. The summed E-state index contributed by atoms with van der Waals surface area (Å²) in [5.74, 6) is -0.0442. The standard InChI is InChI=1S/C26H22ClNOS/c27-21-16-14-19(15-17-21)24(29)23-22(13-7-10-18-8-3-1-4-9-18)25(30-26(23)28)20-11-5-2-6-12-20/h1-6,8-9,11-12,14-17H,7,10,13,28H2. The lowest BCUT2D eigenvalue weighted by Crippen LogP contribution is -2.07. The van der Waals surface area contributed by atoms with Gasteiger partial charge in [-0.05, 0) is 60.2 Å². The summed E-state index contributed by atoms with van der Waals surface area (Å²) < 4.78 is 0. The van der Waals surface area contributed by atoms with E-state index in [0.29, 0.717) is 21.2 Å². The number of hydrogen-bond donors (Lipinski definition) is 1. The average Bonchev–Trinajstić information content (AvgIpc) is 3.11. The van der Waals surface area contributed by atoms with Crippen LogP contribution >= 0.6 is 22.9 Å². The number of carbonyl (C=O) groups is 1. The lowest BCUT2D eigenvalue weighted by atomic mass is 9.94. The Labute approximate surface area is 186 Å². The minimum Gasteiger partial charge on any atom is -0.390 e. The van der Waals surface area contributed by atoms with Gasteiger partial charge in [-0.3, -0.25) is 4.79 Å². The molecule has 0 saturated heterocycles. The minimum absolute atomic E-state index is 0.0442. The van der Waals surface area contributed by atoms with Crippen LogP contribution in [0.2, 0.25) is 5.02 Å². The maximum Gasteiger partial charge on any atom is 0.196 e. The minimum atomic E-state index is -0.0442. The smallest absolute Gasteiger partial charge is 0.196 e. The predicted octanol–water partition coefficient (Wildman–Crippen LogP) is 7.06. The molecule has 2 N–H and O–H groups in total. The average molecular weight is 432 g/mol. The van der Waals surface area contributed by atoms with Crippen LogP contribution in [0.15, 0.2) is 84.9 Å². The maximum atomic E-state index is 13.4. The number of halogens is 1. The van der Waals surface area contributed by atoms with E-state index in [1.165, 1.54) is 16.9 Å². The van der Waals surface area contributed by atoms with Crippen molar-refractivity contribution in [1.82, 2.24) is 0 Å². The number of nitrogen functional groups attached to an aromatic ring is 1. The number of rotatable bonds is 7. The fourth-order valence-electron chi connectivity index (χ4n) is 3.65. The van der Waals surface area contributed by atoms with Crippen LogP contribution in [0.1, 0.15) is 33.5 Å². The molecule has 0 unspecified atom stereocenters. The Hall–Kier alpha value is -2.88. The first kappa shape index (κ1) is 20.4. The molecule has 0 fully saturated rings. The molecule has 0 atom stereocenters. The number of carbonyl (C=O) groups excluding carboxylic acids is 1. The van der Waals surface area contributed by atoms with Crippen molar-refractivity contribution in [3.63, 3.8) is 0 Å². The second-order valence-electron chi connectivity index (χ2n) is 7.19. The topological polar surface area (TPSA) is 43.1 Å². The Balaban J connectivity index is 1.70. The quantitative estimate of drug-likeness (QED) is 0.318. The molecule has 0 bridgehead atoms. The zero-order valence-electron chi connectivity index (χ0n) is 16.5. The first-order chi connectivity index (χ1) is 14.6. The Morgan fingerprint density at radius 3 is 2.13 bits per heavy atom. The molecular formula is C26H22ClNOS. The molecule has 150 valence electrons. The van der Waals surface area contributed by atoms with Gasteiger partial charge in [0.25, 0.3) is 0 Å². The third kappa shape index (κ3) is 4.48. The highest BCUT2D eigenvalue weighted by atomic mass is 35.5. The van der Waals surface area contributed by atoms with Gasteiger partial charge in [-0.25, -0.2) is 0 Å². The fraction of sp³-hybridized carbons (Fsp3) is 0.115. The van der Waals surface area contributed by atoms with E-state index in [4.69, 9.17) is 17.3 Å². The number of nitrogens with two attached hydrogens (primary N) is 1. The summed E-state index contributed by atoms with van der Waals surface area (Å²) in [6.07, 6.45) is 2.70. The summed E-state index contributed by atoms with van der Waals surface area (Å²) in [5.41, 5.74) is 11.1. The maximum absolute atomic E-state index is 13.4. The lowest BCUT2D eigenvalue weighted by molar-refractivity contribution is 0.103. The summed E-state index contributed by atoms with van der Waals surface area (Å²) >= 11 is 7.50. The molecule has 0 spiro atoms. The molecule has 4 heteroatoms. The number of thiophene rings is 1. The second-order valence-corrected chi connectivity index (χ2v) is 8.68. The van der Waals surface area contributed by atoms with Gasteiger partial charge in [0.2, 0.25) is 0 Å². The van der Waals surface area contributed by atoms with Gasteiger partial charge in [-0.15, -0.1) is 11.3 Å². The van der Waals surface area contributed by atoms with Crippen molar-refractivity contribution < 1.29 is 4.79 Å². The zero-order valence-corrected chi connectivity index (χ0v) is 18.0. The summed E-state index contributed by atoms with van der Waals surface area (Å²) in [5, 5.41) is 1.18. The summed E-state index contributed by atoms with van der Waals surface area (Å²) in [4.78, 5) is 14.4. The number of aryl methyl sites for hydroxylation is 1. The van der Waals surface area contributed by atoms with Gasteiger partial charge in [-0.2, -0.15) is 0 Å². The van der Waals surface area contributed by atoms with Gasteiger partial charge in [0.15, 0.2) is 5.78 Å². The Morgan fingerprint density at radius 1 is 0.833 bits per heavy atom. The molecule has 1 heterocycles. The molecule has 0 aliphatic carbocycles. The highest BCUT2D eigenvalue weighted by Crippen LogP contribution is 2.40. The third-order valence-electron chi connectivity index (χ3n) is 5.14. The van der Waals surface area contributed by atoms with Gasteiger partial charge < -0.3 is 5.73 Å². The number of hydrogen-bond acceptors (Lipinski definition) is 3. The number of benzene rings is 3. The fourth-order valence-corrected chi connectivity index (χ4v) is 4.90. The largest absolute Gasteiger partial charge is 0.390 e. The van der Waals surface area contributed by atoms with Crippen LogP contribution in [-0.2, 0) is 12.8 Å². The molecule has 2 nitrogen and oxygen atoms in total. The van der Waals surface area contributed by atoms with Crippen LogP contribution in [-0.4, -0.2) is 5.78 Å². The van der Waals surface area contributed by atoms with Crippen LogP contribution in [0.3, 0.4) is 0 Å². The highest BCUT2D eigenvalue weighted by molar-refractivity contribution is 7.20. The van der Waals surface area contributed by atoms with Crippen molar-refractivity contribution in [3.05, 3.63) is 112 Å². The molecule has 0 amide bonds. The van der Waals surface area contributed by atoms with Crippen molar-refractivity contribution in [3.8, 4) is 10.4 Å².